The standard InChI is InChI=1S/C15H23BFNO2/c1-11-5-3-4-6-15(11)18(2)10-12-7-8-13(16(19)20)9-14(12)17/h7-9,11,15,19-20H,3-6,10H2,1-2H3. The number of hydrogen-bond acceptors (Lipinski definition) is 3. The van der Waals surface area contributed by atoms with Gasteiger partial charge in [0.05, 0.1) is 0 Å². The first kappa shape index (κ1) is 15.5. The second kappa shape index (κ2) is 6.70. The van der Waals surface area contributed by atoms with Crippen molar-refractivity contribution in [1.82, 2.24) is 4.90 Å². The van der Waals surface area contributed by atoms with Crippen LogP contribution in [0.2, 0.25) is 0 Å². The fourth-order valence-corrected chi connectivity index (χ4v) is 3.19. The Balaban J connectivity index is 2.05. The molecule has 0 radical (unpaired) electrons. The van der Waals surface area contributed by atoms with Gasteiger partial charge in [0.25, 0.3) is 0 Å². The van der Waals surface area contributed by atoms with Crippen LogP contribution < -0.4 is 5.46 Å². The zero-order chi connectivity index (χ0) is 14.7. The number of rotatable bonds is 4. The Morgan fingerprint density at radius 2 is 2.00 bits per heavy atom. The van der Waals surface area contributed by atoms with Crippen LogP contribution in [0, 0.1) is 11.7 Å². The van der Waals surface area contributed by atoms with E-state index in [1.807, 2.05) is 7.05 Å². The summed E-state index contributed by atoms with van der Waals surface area (Å²) >= 11 is 0. The van der Waals surface area contributed by atoms with Crippen molar-refractivity contribution >= 4 is 12.6 Å². The van der Waals surface area contributed by atoms with Crippen molar-refractivity contribution in [1.29, 1.82) is 0 Å². The lowest BCUT2D eigenvalue weighted by atomic mass is 9.80. The van der Waals surface area contributed by atoms with Gasteiger partial charge in [0, 0.05) is 18.2 Å². The summed E-state index contributed by atoms with van der Waals surface area (Å²) in [6.45, 7) is 2.82. The van der Waals surface area contributed by atoms with E-state index in [0.717, 1.165) is 0 Å². The Morgan fingerprint density at radius 3 is 2.60 bits per heavy atom. The van der Waals surface area contributed by atoms with Crippen LogP contribution in [0.4, 0.5) is 4.39 Å². The average molecular weight is 279 g/mol. The molecule has 1 saturated carbocycles. The van der Waals surface area contributed by atoms with Gasteiger partial charge in [0.2, 0.25) is 0 Å². The van der Waals surface area contributed by atoms with Crippen LogP contribution in [-0.4, -0.2) is 35.2 Å². The van der Waals surface area contributed by atoms with Crippen LogP contribution in [0.5, 0.6) is 0 Å². The molecule has 2 N–H and O–H groups in total. The lowest BCUT2D eigenvalue weighted by Crippen LogP contribution is -2.38. The van der Waals surface area contributed by atoms with Crippen molar-refractivity contribution in [2.75, 3.05) is 7.05 Å². The van der Waals surface area contributed by atoms with Crippen molar-refractivity contribution in [2.45, 2.75) is 45.2 Å². The molecule has 5 heteroatoms. The molecule has 2 rings (SSSR count). The first-order chi connectivity index (χ1) is 9.49. The van der Waals surface area contributed by atoms with Gasteiger partial charge in [-0.15, -0.1) is 0 Å². The molecule has 0 bridgehead atoms. The maximum Gasteiger partial charge on any atom is 0.488 e. The van der Waals surface area contributed by atoms with E-state index in [1.165, 1.54) is 31.7 Å². The van der Waals surface area contributed by atoms with Gasteiger partial charge in [0.1, 0.15) is 5.82 Å². The Hall–Kier alpha value is -0.905. The van der Waals surface area contributed by atoms with Crippen molar-refractivity contribution < 1.29 is 14.4 Å². The predicted octanol–water partition coefficient (Wildman–Crippen LogP) is 1.52. The van der Waals surface area contributed by atoms with Gasteiger partial charge in [-0.2, -0.15) is 0 Å². The van der Waals surface area contributed by atoms with Crippen LogP contribution in [0.1, 0.15) is 38.2 Å². The van der Waals surface area contributed by atoms with Crippen molar-refractivity contribution in [2.24, 2.45) is 5.92 Å². The quantitative estimate of drug-likeness (QED) is 0.821. The zero-order valence-corrected chi connectivity index (χ0v) is 12.2. The highest BCUT2D eigenvalue weighted by Crippen LogP contribution is 2.28. The molecule has 0 aliphatic heterocycles. The van der Waals surface area contributed by atoms with E-state index in [9.17, 15) is 4.39 Å². The van der Waals surface area contributed by atoms with Crippen LogP contribution >= 0.6 is 0 Å². The molecule has 1 aliphatic rings. The second-order valence-corrected chi connectivity index (χ2v) is 5.97. The minimum Gasteiger partial charge on any atom is -0.423 e. The van der Waals surface area contributed by atoms with Crippen molar-refractivity contribution in [3.8, 4) is 0 Å². The molecule has 3 nitrogen and oxygen atoms in total. The van der Waals surface area contributed by atoms with Crippen LogP contribution in [0.25, 0.3) is 0 Å². The highest BCUT2D eigenvalue weighted by molar-refractivity contribution is 6.58. The molecule has 0 amide bonds. The zero-order valence-electron chi connectivity index (χ0n) is 12.2. The summed E-state index contributed by atoms with van der Waals surface area (Å²) < 4.78 is 14.0. The normalized spacial score (nSPS) is 23.1. The van der Waals surface area contributed by atoms with E-state index in [2.05, 4.69) is 11.8 Å². The Kier molecular flexibility index (Phi) is 5.19. The smallest absolute Gasteiger partial charge is 0.423 e. The molecule has 20 heavy (non-hydrogen) atoms. The summed E-state index contributed by atoms with van der Waals surface area (Å²) in [5, 5.41) is 18.1. The third-order valence-electron chi connectivity index (χ3n) is 4.43. The molecule has 1 aliphatic carbocycles. The summed E-state index contributed by atoms with van der Waals surface area (Å²) in [6.07, 6.45) is 4.96. The topological polar surface area (TPSA) is 43.7 Å². The third kappa shape index (κ3) is 3.60. The molecule has 1 fully saturated rings. The maximum atomic E-state index is 14.0. The highest BCUT2D eigenvalue weighted by atomic mass is 19.1. The maximum absolute atomic E-state index is 14.0. The van der Waals surface area contributed by atoms with Gasteiger partial charge < -0.3 is 10.0 Å². The lowest BCUT2D eigenvalue weighted by Gasteiger charge is -2.36. The van der Waals surface area contributed by atoms with Gasteiger partial charge in [-0.1, -0.05) is 31.9 Å². The Labute approximate surface area is 120 Å². The fraction of sp³-hybridized carbons (Fsp3) is 0.600. The number of hydrogen-bond donors (Lipinski definition) is 2. The molecular formula is C15H23BFNO2. The summed E-state index contributed by atoms with van der Waals surface area (Å²) in [6, 6.07) is 4.93. The second-order valence-electron chi connectivity index (χ2n) is 5.97. The molecule has 0 heterocycles. The first-order valence-electron chi connectivity index (χ1n) is 7.33. The Bertz CT molecular complexity index is 455. The molecule has 0 aromatic heterocycles. The predicted molar refractivity (Wildman–Crippen MR) is 79.1 cm³/mol. The average Bonchev–Trinajstić information content (AvgIpc) is 2.41. The van der Waals surface area contributed by atoms with Crippen LogP contribution in [0.15, 0.2) is 18.2 Å². The SMILES string of the molecule is CC1CCCCC1N(C)Cc1ccc(B(O)O)cc1F. The molecule has 0 spiro atoms. The number of benzene rings is 1. The minimum absolute atomic E-state index is 0.194. The van der Waals surface area contributed by atoms with Crippen LogP contribution in [-0.2, 0) is 6.54 Å². The lowest BCUT2D eigenvalue weighted by molar-refractivity contribution is 0.132. The van der Waals surface area contributed by atoms with Gasteiger partial charge >= 0.3 is 7.12 Å². The summed E-state index contributed by atoms with van der Waals surface area (Å²) in [5.74, 6) is 0.279. The van der Waals surface area contributed by atoms with Crippen molar-refractivity contribution in [3.63, 3.8) is 0 Å². The third-order valence-corrected chi connectivity index (χ3v) is 4.43. The molecule has 1 aromatic rings. The first-order valence-corrected chi connectivity index (χ1v) is 7.33. The van der Waals surface area contributed by atoms with E-state index in [1.54, 1.807) is 12.1 Å². The van der Waals surface area contributed by atoms with Crippen LogP contribution in [0.3, 0.4) is 0 Å². The molecule has 2 unspecified atom stereocenters. The molecular weight excluding hydrogens is 256 g/mol. The molecule has 2 atom stereocenters. The van der Waals surface area contributed by atoms with Crippen molar-refractivity contribution in [3.05, 3.63) is 29.6 Å². The van der Waals surface area contributed by atoms with E-state index < -0.39 is 7.12 Å². The summed E-state index contributed by atoms with van der Waals surface area (Å²) in [5.41, 5.74) is 0.801. The number of nitrogens with zero attached hydrogens (tertiary/aromatic N) is 1. The molecule has 1 aromatic carbocycles. The monoisotopic (exact) mass is 279 g/mol. The minimum atomic E-state index is -1.62. The molecule has 0 saturated heterocycles. The van der Waals surface area contributed by atoms with Gasteiger partial charge in [-0.3, -0.25) is 4.90 Å². The van der Waals surface area contributed by atoms with E-state index in [-0.39, 0.29) is 11.3 Å². The van der Waals surface area contributed by atoms with Gasteiger partial charge in [0.15, 0.2) is 0 Å². The van der Waals surface area contributed by atoms with E-state index >= 15 is 0 Å². The summed E-state index contributed by atoms with van der Waals surface area (Å²) in [4.78, 5) is 2.22. The van der Waals surface area contributed by atoms with Gasteiger partial charge in [-0.25, -0.2) is 4.39 Å². The summed E-state index contributed by atoms with van der Waals surface area (Å²) in [7, 11) is 0.426. The largest absolute Gasteiger partial charge is 0.488 e. The van der Waals surface area contributed by atoms with E-state index in [4.69, 9.17) is 10.0 Å². The highest BCUT2D eigenvalue weighted by Gasteiger charge is 2.25. The fourth-order valence-electron chi connectivity index (χ4n) is 3.19. The van der Waals surface area contributed by atoms with Gasteiger partial charge in [-0.05, 0) is 37.3 Å². The van der Waals surface area contributed by atoms with E-state index in [0.29, 0.717) is 24.1 Å². The number of halogens is 1. The molecule has 110 valence electrons. The Morgan fingerprint density at radius 1 is 1.30 bits per heavy atom.